The quantitative estimate of drug-likeness (QED) is 0.836. The van der Waals surface area contributed by atoms with E-state index in [-0.39, 0.29) is 18.2 Å². The van der Waals surface area contributed by atoms with Gasteiger partial charge in [-0.2, -0.15) is 5.10 Å². The molecule has 1 saturated heterocycles. The van der Waals surface area contributed by atoms with Gasteiger partial charge in [-0.25, -0.2) is 9.80 Å². The molecule has 2 aromatic rings. The topological polar surface area (TPSA) is 45.1 Å². The molecule has 2 aromatic carbocycles. The van der Waals surface area contributed by atoms with Crippen LogP contribution in [-0.2, 0) is 0 Å². The highest BCUT2D eigenvalue weighted by Gasteiger charge is 2.38. The Balaban J connectivity index is 1.37. The van der Waals surface area contributed by atoms with E-state index in [9.17, 15) is 4.79 Å². The minimum Gasteiger partial charge on any atom is -0.485 e. The van der Waals surface area contributed by atoms with Crippen LogP contribution in [0.25, 0.3) is 0 Å². The van der Waals surface area contributed by atoms with Gasteiger partial charge < -0.3 is 9.64 Å². The van der Waals surface area contributed by atoms with Crippen molar-refractivity contribution in [3.8, 4) is 5.75 Å². The van der Waals surface area contributed by atoms with Crippen LogP contribution in [0.5, 0.6) is 5.75 Å². The first-order valence-electron chi connectivity index (χ1n) is 8.29. The Labute approximate surface area is 151 Å². The van der Waals surface area contributed by atoms with Gasteiger partial charge in [0.2, 0.25) is 0 Å². The Bertz CT molecular complexity index is 790. The van der Waals surface area contributed by atoms with Crippen LogP contribution in [0.1, 0.15) is 18.0 Å². The lowest BCUT2D eigenvalue weighted by atomic mass is 10.0. The molecule has 25 heavy (non-hydrogen) atoms. The maximum Gasteiger partial charge on any atom is 0.341 e. The number of carbonyl (C=O) groups excluding carboxylic acids is 1. The molecule has 0 spiro atoms. The molecule has 2 heterocycles. The van der Waals surface area contributed by atoms with Gasteiger partial charge in [-0.05, 0) is 17.7 Å². The minimum absolute atomic E-state index is 0.0303. The lowest BCUT2D eigenvalue weighted by molar-refractivity contribution is 0.0278. The van der Waals surface area contributed by atoms with E-state index < -0.39 is 0 Å². The first-order valence-corrected chi connectivity index (χ1v) is 8.67. The third-order valence-corrected chi connectivity index (χ3v) is 4.77. The zero-order valence-electron chi connectivity index (χ0n) is 13.6. The molecule has 2 aliphatic heterocycles. The van der Waals surface area contributed by atoms with Gasteiger partial charge in [0, 0.05) is 12.6 Å². The summed E-state index contributed by atoms with van der Waals surface area (Å²) in [5.74, 6) is 0.655. The lowest BCUT2D eigenvalue weighted by Crippen LogP contribution is -2.58. The molecule has 5 nitrogen and oxygen atoms in total. The summed E-state index contributed by atoms with van der Waals surface area (Å²) in [5.41, 5.74) is 1.10. The van der Waals surface area contributed by atoms with Crippen molar-refractivity contribution in [3.63, 3.8) is 0 Å². The van der Waals surface area contributed by atoms with Crippen molar-refractivity contribution in [2.45, 2.75) is 18.6 Å². The zero-order chi connectivity index (χ0) is 17.2. The zero-order valence-corrected chi connectivity index (χ0v) is 14.3. The highest BCUT2D eigenvalue weighted by atomic mass is 35.5. The summed E-state index contributed by atoms with van der Waals surface area (Å²) in [6.45, 7) is 1.08. The second-order valence-electron chi connectivity index (χ2n) is 6.16. The minimum atomic E-state index is -0.0818. The van der Waals surface area contributed by atoms with E-state index in [2.05, 4.69) is 5.10 Å². The molecule has 6 heteroatoms. The normalized spacial score (nSPS) is 19.8. The van der Waals surface area contributed by atoms with Crippen LogP contribution in [0, 0.1) is 0 Å². The number of benzene rings is 2. The number of rotatable bonds is 3. The molecule has 2 aliphatic rings. The fraction of sp³-hybridized carbons (Fsp3) is 0.263. The van der Waals surface area contributed by atoms with Gasteiger partial charge in [0.05, 0.1) is 24.2 Å². The van der Waals surface area contributed by atoms with Gasteiger partial charge >= 0.3 is 6.03 Å². The smallest absolute Gasteiger partial charge is 0.341 e. The molecular formula is C19H18ClN3O2. The van der Waals surface area contributed by atoms with E-state index in [0.29, 0.717) is 23.9 Å². The molecule has 1 unspecified atom stereocenters. The van der Waals surface area contributed by atoms with E-state index in [1.807, 2.05) is 48.5 Å². The SMILES string of the molecule is O=C(N1CC(Oc2ccccc2Cl)C1)N1N=CCC1c1ccccc1. The average molecular weight is 356 g/mol. The standard InChI is InChI=1S/C19H18ClN3O2/c20-16-8-4-5-9-18(16)25-15-12-22(13-15)19(24)23-17(10-11-21-23)14-6-2-1-3-7-14/h1-9,11,15,17H,10,12-13H2. The number of para-hydroxylation sites is 1. The fourth-order valence-electron chi connectivity index (χ4n) is 3.08. The predicted molar refractivity (Wildman–Crippen MR) is 97.0 cm³/mol. The van der Waals surface area contributed by atoms with E-state index in [0.717, 1.165) is 12.0 Å². The predicted octanol–water partition coefficient (Wildman–Crippen LogP) is 3.96. The van der Waals surface area contributed by atoms with Crippen LogP contribution < -0.4 is 4.74 Å². The number of hydrogen-bond donors (Lipinski definition) is 0. The molecule has 0 aromatic heterocycles. The second kappa shape index (κ2) is 6.76. The lowest BCUT2D eigenvalue weighted by Gasteiger charge is -2.41. The number of carbonyl (C=O) groups is 1. The number of amides is 2. The summed E-state index contributed by atoms with van der Waals surface area (Å²) in [5, 5.41) is 6.43. The van der Waals surface area contributed by atoms with Crippen LogP contribution in [0.4, 0.5) is 4.79 Å². The van der Waals surface area contributed by atoms with Crippen molar-refractivity contribution in [2.24, 2.45) is 5.10 Å². The van der Waals surface area contributed by atoms with Crippen LogP contribution in [0.2, 0.25) is 5.02 Å². The molecule has 0 aliphatic carbocycles. The van der Waals surface area contributed by atoms with E-state index in [1.54, 1.807) is 22.2 Å². The fourth-order valence-corrected chi connectivity index (χ4v) is 3.26. The van der Waals surface area contributed by atoms with Gasteiger partial charge in [0.1, 0.15) is 11.9 Å². The van der Waals surface area contributed by atoms with Crippen LogP contribution in [-0.4, -0.2) is 41.3 Å². The van der Waals surface area contributed by atoms with Crippen molar-refractivity contribution < 1.29 is 9.53 Å². The Morgan fingerprint density at radius 3 is 2.56 bits per heavy atom. The third-order valence-electron chi connectivity index (χ3n) is 4.46. The first kappa shape index (κ1) is 16.0. The molecule has 0 radical (unpaired) electrons. The molecule has 2 amide bonds. The third kappa shape index (κ3) is 3.20. The number of likely N-dealkylation sites (tertiary alicyclic amines) is 1. The average Bonchev–Trinajstić information content (AvgIpc) is 3.09. The number of urea groups is 1. The van der Waals surface area contributed by atoms with Crippen molar-refractivity contribution >= 4 is 23.8 Å². The number of nitrogens with zero attached hydrogens (tertiary/aromatic N) is 3. The largest absolute Gasteiger partial charge is 0.485 e. The molecule has 0 N–H and O–H groups in total. The first-order chi connectivity index (χ1) is 12.2. The Kier molecular flexibility index (Phi) is 4.32. The Hall–Kier alpha value is -2.53. The molecule has 1 atom stereocenters. The van der Waals surface area contributed by atoms with Crippen LogP contribution in [0.3, 0.4) is 0 Å². The van der Waals surface area contributed by atoms with Gasteiger partial charge in [-0.15, -0.1) is 0 Å². The summed E-state index contributed by atoms with van der Waals surface area (Å²) in [4.78, 5) is 14.5. The number of hydrogen-bond acceptors (Lipinski definition) is 3. The molecular weight excluding hydrogens is 338 g/mol. The highest BCUT2D eigenvalue weighted by Crippen LogP contribution is 2.31. The molecule has 4 rings (SSSR count). The van der Waals surface area contributed by atoms with Gasteiger partial charge in [-0.3, -0.25) is 0 Å². The summed E-state index contributed by atoms with van der Waals surface area (Å²) in [7, 11) is 0. The summed E-state index contributed by atoms with van der Waals surface area (Å²) in [6.07, 6.45) is 2.50. The van der Waals surface area contributed by atoms with Crippen molar-refractivity contribution in [2.75, 3.05) is 13.1 Å². The molecule has 0 bridgehead atoms. The maximum atomic E-state index is 12.7. The summed E-state index contributed by atoms with van der Waals surface area (Å²) >= 11 is 6.11. The Morgan fingerprint density at radius 1 is 1.08 bits per heavy atom. The number of halogens is 1. The van der Waals surface area contributed by atoms with Gasteiger partial charge in [-0.1, -0.05) is 54.1 Å². The van der Waals surface area contributed by atoms with E-state index >= 15 is 0 Å². The van der Waals surface area contributed by atoms with Crippen LogP contribution >= 0.6 is 11.6 Å². The van der Waals surface area contributed by atoms with Crippen molar-refractivity contribution in [1.29, 1.82) is 0 Å². The number of hydrazone groups is 1. The van der Waals surface area contributed by atoms with Crippen molar-refractivity contribution in [1.82, 2.24) is 9.91 Å². The maximum absolute atomic E-state index is 12.7. The van der Waals surface area contributed by atoms with Gasteiger partial charge in [0.25, 0.3) is 0 Å². The summed E-state index contributed by atoms with van der Waals surface area (Å²) < 4.78 is 5.85. The van der Waals surface area contributed by atoms with Gasteiger partial charge in [0.15, 0.2) is 0 Å². The molecule has 0 saturated carbocycles. The highest BCUT2D eigenvalue weighted by molar-refractivity contribution is 6.32. The van der Waals surface area contributed by atoms with Crippen molar-refractivity contribution in [3.05, 3.63) is 65.2 Å². The Morgan fingerprint density at radius 2 is 1.80 bits per heavy atom. The van der Waals surface area contributed by atoms with Crippen LogP contribution in [0.15, 0.2) is 59.7 Å². The number of ether oxygens (including phenoxy) is 1. The second-order valence-corrected chi connectivity index (χ2v) is 6.57. The monoisotopic (exact) mass is 355 g/mol. The molecule has 1 fully saturated rings. The molecule has 128 valence electrons. The van der Waals surface area contributed by atoms with E-state index in [1.165, 1.54) is 0 Å². The van der Waals surface area contributed by atoms with E-state index in [4.69, 9.17) is 16.3 Å². The summed E-state index contributed by atoms with van der Waals surface area (Å²) in [6, 6.07) is 17.2.